The van der Waals surface area contributed by atoms with Crippen LogP contribution in [0.2, 0.25) is 0 Å². The van der Waals surface area contributed by atoms with Gasteiger partial charge in [-0.3, -0.25) is 4.79 Å². The van der Waals surface area contributed by atoms with E-state index in [1.165, 1.54) is 0 Å². The Bertz CT molecular complexity index is 460. The smallest absolute Gasteiger partial charge is 0.231 e. The van der Waals surface area contributed by atoms with Crippen molar-refractivity contribution in [3.05, 3.63) is 23.8 Å². The standard InChI is InChI=1S/C14H20N2O3/c1-10(15)7-14(17)16(2)6-5-11-3-4-12-13(8-11)19-9-18-12/h3-4,8,10H,5-7,9,15H2,1-2H3. The summed E-state index contributed by atoms with van der Waals surface area (Å²) in [6, 6.07) is 5.77. The van der Waals surface area contributed by atoms with Gasteiger partial charge in [-0.05, 0) is 31.0 Å². The molecule has 1 amide bonds. The molecule has 1 aliphatic rings. The summed E-state index contributed by atoms with van der Waals surface area (Å²) < 4.78 is 10.6. The molecule has 0 aliphatic carbocycles. The van der Waals surface area contributed by atoms with E-state index in [0.717, 1.165) is 23.5 Å². The van der Waals surface area contributed by atoms with Gasteiger partial charge in [-0.1, -0.05) is 6.07 Å². The Balaban J connectivity index is 1.86. The Morgan fingerprint density at radius 2 is 2.16 bits per heavy atom. The van der Waals surface area contributed by atoms with Crippen molar-refractivity contribution in [1.82, 2.24) is 4.90 Å². The van der Waals surface area contributed by atoms with Crippen molar-refractivity contribution in [2.24, 2.45) is 5.73 Å². The van der Waals surface area contributed by atoms with Crippen LogP contribution in [-0.4, -0.2) is 37.2 Å². The predicted octanol–water partition coefficient (Wildman–Crippen LogP) is 1.15. The van der Waals surface area contributed by atoms with E-state index in [1.807, 2.05) is 25.1 Å². The monoisotopic (exact) mass is 264 g/mol. The summed E-state index contributed by atoms with van der Waals surface area (Å²) in [7, 11) is 1.80. The fourth-order valence-corrected chi connectivity index (χ4v) is 1.95. The van der Waals surface area contributed by atoms with Gasteiger partial charge in [0.05, 0.1) is 0 Å². The summed E-state index contributed by atoms with van der Waals surface area (Å²) in [5, 5.41) is 0. The number of benzene rings is 1. The summed E-state index contributed by atoms with van der Waals surface area (Å²) in [5.74, 6) is 1.64. The van der Waals surface area contributed by atoms with E-state index < -0.39 is 0 Å². The van der Waals surface area contributed by atoms with Gasteiger partial charge in [0.15, 0.2) is 11.5 Å². The van der Waals surface area contributed by atoms with E-state index in [4.69, 9.17) is 15.2 Å². The van der Waals surface area contributed by atoms with Gasteiger partial charge in [0.2, 0.25) is 12.7 Å². The number of hydrogen-bond donors (Lipinski definition) is 1. The molecule has 1 aromatic rings. The lowest BCUT2D eigenvalue weighted by Gasteiger charge is -2.18. The zero-order valence-electron chi connectivity index (χ0n) is 11.4. The minimum absolute atomic E-state index is 0.0794. The van der Waals surface area contributed by atoms with Crippen LogP contribution in [0.3, 0.4) is 0 Å². The van der Waals surface area contributed by atoms with Gasteiger partial charge in [0.1, 0.15) is 0 Å². The summed E-state index contributed by atoms with van der Waals surface area (Å²) in [5.41, 5.74) is 6.75. The van der Waals surface area contributed by atoms with E-state index in [9.17, 15) is 4.79 Å². The zero-order chi connectivity index (χ0) is 13.8. The maximum absolute atomic E-state index is 11.8. The van der Waals surface area contributed by atoms with Gasteiger partial charge in [0, 0.05) is 26.1 Å². The van der Waals surface area contributed by atoms with Crippen molar-refractivity contribution in [2.45, 2.75) is 25.8 Å². The minimum atomic E-state index is -0.0968. The number of nitrogens with two attached hydrogens (primary N) is 1. The van der Waals surface area contributed by atoms with E-state index in [2.05, 4.69) is 0 Å². The highest BCUT2D eigenvalue weighted by Gasteiger charge is 2.14. The summed E-state index contributed by atoms with van der Waals surface area (Å²) in [6.45, 7) is 2.79. The summed E-state index contributed by atoms with van der Waals surface area (Å²) in [6.07, 6.45) is 1.18. The van der Waals surface area contributed by atoms with Crippen LogP contribution in [0.1, 0.15) is 18.9 Å². The molecular formula is C14H20N2O3. The quantitative estimate of drug-likeness (QED) is 0.866. The van der Waals surface area contributed by atoms with Crippen LogP contribution >= 0.6 is 0 Å². The first-order valence-electron chi connectivity index (χ1n) is 6.44. The molecule has 2 rings (SSSR count). The molecule has 0 spiro atoms. The van der Waals surface area contributed by atoms with Crippen LogP contribution in [0.4, 0.5) is 0 Å². The van der Waals surface area contributed by atoms with Gasteiger partial charge < -0.3 is 20.1 Å². The van der Waals surface area contributed by atoms with Gasteiger partial charge in [-0.25, -0.2) is 0 Å². The van der Waals surface area contributed by atoms with Crippen molar-refractivity contribution in [1.29, 1.82) is 0 Å². The van der Waals surface area contributed by atoms with Crippen LogP contribution in [0.5, 0.6) is 11.5 Å². The molecule has 2 N–H and O–H groups in total. The number of hydrogen-bond acceptors (Lipinski definition) is 4. The first-order chi connectivity index (χ1) is 9.06. The van der Waals surface area contributed by atoms with Gasteiger partial charge in [-0.15, -0.1) is 0 Å². The molecule has 1 aliphatic heterocycles. The maximum Gasteiger partial charge on any atom is 0.231 e. The molecule has 19 heavy (non-hydrogen) atoms. The molecule has 0 bridgehead atoms. The Hall–Kier alpha value is -1.75. The summed E-state index contributed by atoms with van der Waals surface area (Å²) >= 11 is 0. The van der Waals surface area contributed by atoms with Crippen molar-refractivity contribution >= 4 is 5.91 Å². The van der Waals surface area contributed by atoms with Gasteiger partial charge >= 0.3 is 0 Å². The second-order valence-electron chi connectivity index (χ2n) is 4.93. The lowest BCUT2D eigenvalue weighted by Crippen LogP contribution is -2.33. The molecule has 0 saturated carbocycles. The van der Waals surface area contributed by atoms with Crippen LogP contribution in [0.25, 0.3) is 0 Å². The molecule has 1 unspecified atom stereocenters. The lowest BCUT2D eigenvalue weighted by molar-refractivity contribution is -0.130. The number of fused-ring (bicyclic) bond motifs is 1. The molecular weight excluding hydrogens is 244 g/mol. The molecule has 5 heteroatoms. The van der Waals surface area contributed by atoms with E-state index in [0.29, 0.717) is 13.0 Å². The molecule has 1 atom stereocenters. The number of ether oxygens (including phenoxy) is 2. The fraction of sp³-hybridized carbons (Fsp3) is 0.500. The third-order valence-electron chi connectivity index (χ3n) is 3.10. The van der Waals surface area contributed by atoms with Crippen LogP contribution in [0.15, 0.2) is 18.2 Å². The van der Waals surface area contributed by atoms with Crippen molar-refractivity contribution in [3.8, 4) is 11.5 Å². The lowest BCUT2D eigenvalue weighted by atomic mass is 10.1. The number of carbonyl (C=O) groups excluding carboxylic acids is 1. The zero-order valence-corrected chi connectivity index (χ0v) is 11.4. The molecule has 104 valence electrons. The van der Waals surface area contributed by atoms with Gasteiger partial charge in [0.25, 0.3) is 0 Å². The van der Waals surface area contributed by atoms with Gasteiger partial charge in [-0.2, -0.15) is 0 Å². The number of rotatable bonds is 5. The highest BCUT2D eigenvalue weighted by atomic mass is 16.7. The molecule has 0 aromatic heterocycles. The Morgan fingerprint density at radius 3 is 2.89 bits per heavy atom. The Kier molecular flexibility index (Phi) is 4.27. The SMILES string of the molecule is CC(N)CC(=O)N(C)CCc1ccc2c(c1)OCO2. The number of carbonyl (C=O) groups is 1. The number of likely N-dealkylation sites (N-methyl/N-ethyl adjacent to an activating group) is 1. The molecule has 1 aromatic carbocycles. The average molecular weight is 264 g/mol. The molecule has 1 heterocycles. The maximum atomic E-state index is 11.8. The molecule has 0 saturated heterocycles. The molecule has 5 nitrogen and oxygen atoms in total. The highest BCUT2D eigenvalue weighted by molar-refractivity contribution is 5.76. The minimum Gasteiger partial charge on any atom is -0.454 e. The Morgan fingerprint density at radius 1 is 1.42 bits per heavy atom. The average Bonchev–Trinajstić information content (AvgIpc) is 2.82. The Labute approximate surface area is 113 Å². The predicted molar refractivity (Wildman–Crippen MR) is 72.2 cm³/mol. The van der Waals surface area contributed by atoms with Crippen molar-refractivity contribution in [3.63, 3.8) is 0 Å². The van der Waals surface area contributed by atoms with E-state index in [-0.39, 0.29) is 18.7 Å². The normalized spacial score (nSPS) is 14.3. The first-order valence-corrected chi connectivity index (χ1v) is 6.44. The van der Waals surface area contributed by atoms with E-state index in [1.54, 1.807) is 11.9 Å². The topological polar surface area (TPSA) is 64.8 Å². The third kappa shape index (κ3) is 3.61. The number of amides is 1. The summed E-state index contributed by atoms with van der Waals surface area (Å²) in [4.78, 5) is 13.5. The van der Waals surface area contributed by atoms with E-state index >= 15 is 0 Å². The van der Waals surface area contributed by atoms with Crippen molar-refractivity contribution in [2.75, 3.05) is 20.4 Å². The largest absolute Gasteiger partial charge is 0.454 e. The molecule has 0 radical (unpaired) electrons. The van der Waals surface area contributed by atoms with Crippen LogP contribution < -0.4 is 15.2 Å². The fourth-order valence-electron chi connectivity index (χ4n) is 1.95. The number of nitrogens with zero attached hydrogens (tertiary/aromatic N) is 1. The molecule has 0 fully saturated rings. The second kappa shape index (κ2) is 5.93. The van der Waals surface area contributed by atoms with Crippen LogP contribution in [-0.2, 0) is 11.2 Å². The first kappa shape index (κ1) is 13.7. The second-order valence-corrected chi connectivity index (χ2v) is 4.93. The highest BCUT2D eigenvalue weighted by Crippen LogP contribution is 2.32. The van der Waals surface area contributed by atoms with Crippen LogP contribution in [0, 0.1) is 0 Å². The third-order valence-corrected chi connectivity index (χ3v) is 3.10. The van der Waals surface area contributed by atoms with Crippen molar-refractivity contribution < 1.29 is 14.3 Å².